The lowest BCUT2D eigenvalue weighted by Crippen LogP contribution is -2.52. The molecule has 0 aliphatic heterocycles. The molecule has 0 saturated heterocycles. The summed E-state index contributed by atoms with van der Waals surface area (Å²) in [5.74, 6) is -0.711. The maximum absolute atomic E-state index is 12.7. The molecular weight excluding hydrogens is 340 g/mol. The Labute approximate surface area is 161 Å². The summed E-state index contributed by atoms with van der Waals surface area (Å²) in [6.45, 7) is 8.09. The monoisotopic (exact) mass is 370 g/mol. The van der Waals surface area contributed by atoms with Crippen molar-refractivity contribution in [2.45, 2.75) is 57.9 Å². The Kier molecular flexibility index (Phi) is 6.47. The normalized spacial score (nSPS) is 13.7. The average molecular weight is 370 g/mol. The summed E-state index contributed by atoms with van der Waals surface area (Å²) < 4.78 is 4.94. The van der Waals surface area contributed by atoms with Gasteiger partial charge in [0.05, 0.1) is 7.11 Å². The number of esters is 1. The SMILES string of the molecule is COC(=O)C(C)(CCCc1ccc[nH]1)NC(=O)c1ccc(C(C)(C)C)cc1. The zero-order valence-corrected chi connectivity index (χ0v) is 16.9. The Morgan fingerprint density at radius 1 is 1.07 bits per heavy atom. The molecule has 0 aliphatic rings. The number of methoxy groups -OCH3 is 1. The fraction of sp³-hybridized carbons (Fsp3) is 0.455. The number of aromatic nitrogens is 1. The van der Waals surface area contributed by atoms with Gasteiger partial charge in [-0.2, -0.15) is 0 Å². The molecular formula is C22H30N2O3. The van der Waals surface area contributed by atoms with Crippen LogP contribution < -0.4 is 5.32 Å². The minimum atomic E-state index is -1.07. The maximum Gasteiger partial charge on any atom is 0.331 e. The number of carbonyl (C=O) groups is 2. The van der Waals surface area contributed by atoms with Crippen LogP contribution >= 0.6 is 0 Å². The molecule has 1 aromatic carbocycles. The maximum atomic E-state index is 12.7. The number of amides is 1. The van der Waals surface area contributed by atoms with Gasteiger partial charge in [0.1, 0.15) is 5.54 Å². The summed E-state index contributed by atoms with van der Waals surface area (Å²) in [6.07, 6.45) is 3.91. The highest BCUT2D eigenvalue weighted by Crippen LogP contribution is 2.23. The first kappa shape index (κ1) is 20.7. The zero-order valence-electron chi connectivity index (χ0n) is 16.9. The third-order valence-corrected chi connectivity index (χ3v) is 4.82. The van der Waals surface area contributed by atoms with Gasteiger partial charge in [-0.3, -0.25) is 4.79 Å². The number of ether oxygens (including phenoxy) is 1. The van der Waals surface area contributed by atoms with Gasteiger partial charge in [-0.1, -0.05) is 32.9 Å². The number of hydrogen-bond donors (Lipinski definition) is 2. The molecule has 2 aromatic rings. The third kappa shape index (κ3) is 5.46. The van der Waals surface area contributed by atoms with Gasteiger partial charge in [0.25, 0.3) is 5.91 Å². The molecule has 1 atom stereocenters. The number of benzene rings is 1. The smallest absolute Gasteiger partial charge is 0.331 e. The standard InChI is InChI=1S/C22H30N2O3/c1-21(2,3)17-12-10-16(11-13-17)19(25)24-22(4,20(26)27-5)14-6-8-18-9-7-15-23-18/h7,9-13,15,23H,6,8,14H2,1-5H3,(H,24,25). The predicted molar refractivity (Wildman–Crippen MR) is 107 cm³/mol. The van der Waals surface area contributed by atoms with E-state index in [9.17, 15) is 9.59 Å². The van der Waals surface area contributed by atoms with Crippen molar-refractivity contribution < 1.29 is 14.3 Å². The van der Waals surface area contributed by atoms with Gasteiger partial charge >= 0.3 is 5.97 Å². The highest BCUT2D eigenvalue weighted by molar-refractivity contribution is 5.98. The van der Waals surface area contributed by atoms with Gasteiger partial charge in [-0.25, -0.2) is 4.79 Å². The summed E-state index contributed by atoms with van der Waals surface area (Å²) in [5, 5.41) is 2.88. The van der Waals surface area contributed by atoms with E-state index in [2.05, 4.69) is 31.1 Å². The van der Waals surface area contributed by atoms with E-state index in [-0.39, 0.29) is 11.3 Å². The average Bonchev–Trinajstić information content (AvgIpc) is 3.13. The molecule has 0 saturated carbocycles. The molecule has 27 heavy (non-hydrogen) atoms. The van der Waals surface area contributed by atoms with Crippen LogP contribution in [0.4, 0.5) is 0 Å². The molecule has 146 valence electrons. The van der Waals surface area contributed by atoms with Crippen LogP contribution in [0.3, 0.4) is 0 Å². The second kappa shape index (κ2) is 8.42. The van der Waals surface area contributed by atoms with Crippen molar-refractivity contribution in [3.8, 4) is 0 Å². The summed E-state index contributed by atoms with van der Waals surface area (Å²) in [4.78, 5) is 28.2. The van der Waals surface area contributed by atoms with Crippen LogP contribution in [0.2, 0.25) is 0 Å². The van der Waals surface area contributed by atoms with Gasteiger partial charge in [0, 0.05) is 17.5 Å². The van der Waals surface area contributed by atoms with Crippen molar-refractivity contribution in [3.05, 3.63) is 59.4 Å². The number of H-pyrrole nitrogens is 1. The molecule has 0 fully saturated rings. The first-order chi connectivity index (χ1) is 12.7. The Hall–Kier alpha value is -2.56. The number of carbonyl (C=O) groups excluding carboxylic acids is 2. The molecule has 0 bridgehead atoms. The molecule has 1 aromatic heterocycles. The first-order valence-electron chi connectivity index (χ1n) is 9.29. The van der Waals surface area contributed by atoms with Crippen molar-refractivity contribution in [2.75, 3.05) is 7.11 Å². The van der Waals surface area contributed by atoms with Gasteiger partial charge in [-0.15, -0.1) is 0 Å². The number of aromatic amines is 1. The summed E-state index contributed by atoms with van der Waals surface area (Å²) in [6, 6.07) is 11.5. The summed E-state index contributed by atoms with van der Waals surface area (Å²) in [7, 11) is 1.34. The second-order valence-electron chi connectivity index (χ2n) is 8.15. The topological polar surface area (TPSA) is 71.2 Å². The van der Waals surface area contributed by atoms with E-state index in [1.54, 1.807) is 19.1 Å². The lowest BCUT2D eigenvalue weighted by atomic mass is 9.86. The molecule has 5 heteroatoms. The van der Waals surface area contributed by atoms with Crippen molar-refractivity contribution in [1.29, 1.82) is 0 Å². The minimum absolute atomic E-state index is 0.0212. The number of nitrogens with one attached hydrogen (secondary N) is 2. The van der Waals surface area contributed by atoms with Crippen LogP contribution in [-0.4, -0.2) is 29.5 Å². The fourth-order valence-corrected chi connectivity index (χ4v) is 3.04. The number of rotatable bonds is 7. The van der Waals surface area contributed by atoms with E-state index in [1.165, 1.54) is 7.11 Å². The lowest BCUT2D eigenvalue weighted by Gasteiger charge is -2.28. The molecule has 0 aliphatic carbocycles. The zero-order chi connectivity index (χ0) is 20.1. The Morgan fingerprint density at radius 2 is 1.74 bits per heavy atom. The van der Waals surface area contributed by atoms with Crippen LogP contribution in [0.5, 0.6) is 0 Å². The van der Waals surface area contributed by atoms with E-state index in [4.69, 9.17) is 4.74 Å². The van der Waals surface area contributed by atoms with E-state index in [0.717, 1.165) is 24.1 Å². The highest BCUT2D eigenvalue weighted by Gasteiger charge is 2.35. The Morgan fingerprint density at radius 3 is 2.26 bits per heavy atom. The molecule has 1 heterocycles. The largest absolute Gasteiger partial charge is 0.467 e. The van der Waals surface area contributed by atoms with Crippen molar-refractivity contribution in [1.82, 2.24) is 10.3 Å². The molecule has 0 spiro atoms. The van der Waals surface area contributed by atoms with E-state index in [0.29, 0.717) is 12.0 Å². The molecule has 1 amide bonds. The van der Waals surface area contributed by atoms with Gasteiger partial charge in [0.2, 0.25) is 0 Å². The van der Waals surface area contributed by atoms with Crippen molar-refractivity contribution in [3.63, 3.8) is 0 Å². The minimum Gasteiger partial charge on any atom is -0.467 e. The van der Waals surface area contributed by atoms with Crippen LogP contribution in [0, 0.1) is 0 Å². The van der Waals surface area contributed by atoms with Gasteiger partial charge in [-0.05, 0) is 61.4 Å². The van der Waals surface area contributed by atoms with Crippen LogP contribution in [0.15, 0.2) is 42.6 Å². The Bertz CT molecular complexity index is 758. The van der Waals surface area contributed by atoms with Crippen LogP contribution in [0.25, 0.3) is 0 Å². The quantitative estimate of drug-likeness (QED) is 0.724. The third-order valence-electron chi connectivity index (χ3n) is 4.82. The lowest BCUT2D eigenvalue weighted by molar-refractivity contribution is -0.147. The first-order valence-corrected chi connectivity index (χ1v) is 9.29. The molecule has 1 unspecified atom stereocenters. The van der Waals surface area contributed by atoms with Crippen LogP contribution in [-0.2, 0) is 21.4 Å². The summed E-state index contributed by atoms with van der Waals surface area (Å²) in [5.41, 5.74) is 1.74. The molecule has 5 nitrogen and oxygen atoms in total. The highest BCUT2D eigenvalue weighted by atomic mass is 16.5. The molecule has 0 radical (unpaired) electrons. The van der Waals surface area contributed by atoms with E-state index in [1.807, 2.05) is 30.5 Å². The Balaban J connectivity index is 2.07. The number of hydrogen-bond acceptors (Lipinski definition) is 3. The van der Waals surface area contributed by atoms with Crippen LogP contribution in [0.1, 0.15) is 62.2 Å². The van der Waals surface area contributed by atoms with Gasteiger partial charge < -0.3 is 15.0 Å². The summed E-state index contributed by atoms with van der Waals surface area (Å²) >= 11 is 0. The second-order valence-corrected chi connectivity index (χ2v) is 8.15. The van der Waals surface area contributed by atoms with E-state index >= 15 is 0 Å². The van der Waals surface area contributed by atoms with Crippen molar-refractivity contribution >= 4 is 11.9 Å². The molecule has 2 N–H and O–H groups in total. The fourth-order valence-electron chi connectivity index (χ4n) is 3.04. The van der Waals surface area contributed by atoms with Crippen molar-refractivity contribution in [2.24, 2.45) is 0 Å². The van der Waals surface area contributed by atoms with E-state index < -0.39 is 11.5 Å². The number of aryl methyl sites for hydroxylation is 1. The predicted octanol–water partition coefficient (Wildman–Crippen LogP) is 4.00. The van der Waals surface area contributed by atoms with Gasteiger partial charge in [0.15, 0.2) is 0 Å². The molecule has 2 rings (SSSR count).